The Balaban J connectivity index is 1.59. The number of imidazole rings is 1. The SMILES string of the molecule is C1=CC(c2ccccc2N=Cc2cnc(-c3ccccc3)[nH]2)C=C1. The van der Waals surface area contributed by atoms with E-state index >= 15 is 0 Å². The van der Waals surface area contributed by atoms with Crippen LogP contribution >= 0.6 is 0 Å². The van der Waals surface area contributed by atoms with Gasteiger partial charge >= 0.3 is 0 Å². The number of hydrogen-bond acceptors (Lipinski definition) is 2. The van der Waals surface area contributed by atoms with Gasteiger partial charge in [-0.15, -0.1) is 0 Å². The van der Waals surface area contributed by atoms with E-state index in [0.717, 1.165) is 22.8 Å². The maximum absolute atomic E-state index is 4.66. The Bertz CT molecular complexity index is 905. The van der Waals surface area contributed by atoms with Crippen LogP contribution in [0.1, 0.15) is 17.2 Å². The van der Waals surface area contributed by atoms with E-state index in [-0.39, 0.29) is 0 Å². The number of benzene rings is 2. The molecule has 3 heteroatoms. The molecule has 1 aromatic heterocycles. The highest BCUT2D eigenvalue weighted by molar-refractivity contribution is 5.81. The molecule has 2 aromatic carbocycles. The second-order valence-electron chi connectivity index (χ2n) is 5.67. The van der Waals surface area contributed by atoms with Crippen molar-refractivity contribution in [2.45, 2.75) is 5.92 Å². The molecule has 0 atom stereocenters. The van der Waals surface area contributed by atoms with Crippen molar-refractivity contribution in [2.24, 2.45) is 4.99 Å². The Morgan fingerprint density at radius 3 is 2.50 bits per heavy atom. The van der Waals surface area contributed by atoms with Crippen molar-refractivity contribution < 1.29 is 0 Å². The van der Waals surface area contributed by atoms with Crippen molar-refractivity contribution in [3.8, 4) is 11.4 Å². The van der Waals surface area contributed by atoms with Crippen LogP contribution in [0.15, 0.2) is 90.1 Å². The molecule has 4 rings (SSSR count). The predicted molar refractivity (Wildman–Crippen MR) is 98.7 cm³/mol. The first kappa shape index (κ1) is 14.4. The number of nitrogens with zero attached hydrogens (tertiary/aromatic N) is 2. The molecule has 1 aliphatic rings. The molecule has 0 fully saturated rings. The predicted octanol–water partition coefficient (Wildman–Crippen LogP) is 5.04. The highest BCUT2D eigenvalue weighted by Gasteiger charge is 2.10. The molecule has 0 unspecified atom stereocenters. The van der Waals surface area contributed by atoms with Crippen molar-refractivity contribution in [2.75, 3.05) is 0 Å². The van der Waals surface area contributed by atoms with Gasteiger partial charge in [-0.2, -0.15) is 0 Å². The number of allylic oxidation sites excluding steroid dienone is 4. The topological polar surface area (TPSA) is 41.0 Å². The highest BCUT2D eigenvalue weighted by atomic mass is 14.9. The molecule has 0 saturated heterocycles. The van der Waals surface area contributed by atoms with Gasteiger partial charge in [0.25, 0.3) is 0 Å². The highest BCUT2D eigenvalue weighted by Crippen LogP contribution is 2.31. The third kappa shape index (κ3) is 2.97. The lowest BCUT2D eigenvalue weighted by atomic mass is 9.99. The molecule has 1 aliphatic carbocycles. The Kier molecular flexibility index (Phi) is 3.90. The summed E-state index contributed by atoms with van der Waals surface area (Å²) in [6, 6.07) is 18.3. The maximum Gasteiger partial charge on any atom is 0.137 e. The van der Waals surface area contributed by atoms with E-state index in [0.29, 0.717) is 5.92 Å². The van der Waals surface area contributed by atoms with Crippen molar-refractivity contribution in [1.29, 1.82) is 0 Å². The standard InChI is InChI=1S/C21H17N3/c1-2-10-17(11-3-1)21-23-15-18(24-21)14-22-20-13-7-6-12-19(20)16-8-4-5-9-16/h1-16H,(H,23,24). The number of aliphatic imine (C=N–C) groups is 1. The minimum Gasteiger partial charge on any atom is -0.337 e. The molecule has 0 saturated carbocycles. The van der Waals surface area contributed by atoms with Gasteiger partial charge in [0.2, 0.25) is 0 Å². The van der Waals surface area contributed by atoms with Gasteiger partial charge in [-0.3, -0.25) is 4.99 Å². The molecule has 0 spiro atoms. The lowest BCUT2D eigenvalue weighted by Gasteiger charge is -2.08. The average molecular weight is 311 g/mol. The van der Waals surface area contributed by atoms with Crippen molar-refractivity contribution in [3.05, 3.63) is 96.4 Å². The number of aromatic nitrogens is 2. The van der Waals surface area contributed by atoms with Gasteiger partial charge in [-0.1, -0.05) is 72.8 Å². The largest absolute Gasteiger partial charge is 0.337 e. The zero-order chi connectivity index (χ0) is 16.2. The molecular formula is C21H17N3. The normalized spacial score (nSPS) is 14.0. The number of aromatic amines is 1. The quantitative estimate of drug-likeness (QED) is 0.674. The molecule has 3 nitrogen and oxygen atoms in total. The zero-order valence-corrected chi connectivity index (χ0v) is 13.1. The molecule has 24 heavy (non-hydrogen) atoms. The van der Waals surface area contributed by atoms with E-state index in [1.54, 1.807) is 0 Å². The number of rotatable bonds is 4. The first-order valence-corrected chi connectivity index (χ1v) is 7.98. The van der Waals surface area contributed by atoms with Crippen LogP contribution in [0.2, 0.25) is 0 Å². The van der Waals surface area contributed by atoms with Gasteiger partial charge in [0.05, 0.1) is 23.8 Å². The molecule has 1 N–H and O–H groups in total. The van der Waals surface area contributed by atoms with E-state index in [1.165, 1.54) is 5.56 Å². The minimum absolute atomic E-state index is 0.306. The van der Waals surface area contributed by atoms with Gasteiger partial charge in [-0.25, -0.2) is 4.98 Å². The van der Waals surface area contributed by atoms with Gasteiger partial charge in [0.15, 0.2) is 0 Å². The molecule has 0 bridgehead atoms. The average Bonchev–Trinajstić information content (AvgIpc) is 3.33. The summed E-state index contributed by atoms with van der Waals surface area (Å²) in [5, 5.41) is 0. The first-order chi connectivity index (χ1) is 11.9. The molecule has 1 heterocycles. The monoisotopic (exact) mass is 311 g/mol. The Hall–Kier alpha value is -3.20. The van der Waals surface area contributed by atoms with Crippen LogP contribution in [0.3, 0.4) is 0 Å². The minimum atomic E-state index is 0.306. The van der Waals surface area contributed by atoms with Gasteiger partial charge in [0, 0.05) is 11.5 Å². The smallest absolute Gasteiger partial charge is 0.137 e. The molecule has 0 aliphatic heterocycles. The fraction of sp³-hybridized carbons (Fsp3) is 0.0476. The molecule has 0 radical (unpaired) electrons. The van der Waals surface area contributed by atoms with E-state index in [9.17, 15) is 0 Å². The third-order valence-electron chi connectivity index (χ3n) is 4.03. The van der Waals surface area contributed by atoms with Gasteiger partial charge in [-0.05, 0) is 11.6 Å². The summed E-state index contributed by atoms with van der Waals surface area (Å²) in [5.41, 5.74) is 4.15. The third-order valence-corrected chi connectivity index (χ3v) is 4.03. The summed E-state index contributed by atoms with van der Waals surface area (Å²) in [7, 11) is 0. The zero-order valence-electron chi connectivity index (χ0n) is 13.1. The summed E-state index contributed by atoms with van der Waals surface area (Å²) in [5.74, 6) is 1.16. The fourth-order valence-electron chi connectivity index (χ4n) is 2.81. The van der Waals surface area contributed by atoms with Crippen molar-refractivity contribution >= 4 is 11.9 Å². The van der Waals surface area contributed by atoms with Gasteiger partial charge < -0.3 is 4.98 Å². The Morgan fingerprint density at radius 2 is 1.67 bits per heavy atom. The number of hydrogen-bond donors (Lipinski definition) is 1. The second kappa shape index (κ2) is 6.50. The van der Waals surface area contributed by atoms with E-state index in [2.05, 4.69) is 51.4 Å². The molecule has 0 amide bonds. The lowest BCUT2D eigenvalue weighted by Crippen LogP contribution is -1.90. The van der Waals surface area contributed by atoms with Crippen LogP contribution < -0.4 is 0 Å². The van der Waals surface area contributed by atoms with Crippen LogP contribution in [0.4, 0.5) is 5.69 Å². The Morgan fingerprint density at radius 1 is 0.917 bits per heavy atom. The molecule has 3 aromatic rings. The van der Waals surface area contributed by atoms with Crippen LogP contribution in [0.25, 0.3) is 11.4 Å². The van der Waals surface area contributed by atoms with E-state index < -0.39 is 0 Å². The van der Waals surface area contributed by atoms with Crippen LogP contribution in [-0.4, -0.2) is 16.2 Å². The van der Waals surface area contributed by atoms with E-state index in [4.69, 9.17) is 0 Å². The lowest BCUT2D eigenvalue weighted by molar-refractivity contribution is 1.10. The van der Waals surface area contributed by atoms with E-state index in [1.807, 2.05) is 54.9 Å². The number of nitrogens with one attached hydrogen (secondary N) is 1. The maximum atomic E-state index is 4.66. The fourth-order valence-corrected chi connectivity index (χ4v) is 2.81. The number of para-hydroxylation sites is 1. The second-order valence-corrected chi connectivity index (χ2v) is 5.67. The molecular weight excluding hydrogens is 294 g/mol. The summed E-state index contributed by atoms with van der Waals surface area (Å²) in [6.07, 6.45) is 12.2. The summed E-state index contributed by atoms with van der Waals surface area (Å²) >= 11 is 0. The van der Waals surface area contributed by atoms with Crippen molar-refractivity contribution in [3.63, 3.8) is 0 Å². The van der Waals surface area contributed by atoms with Gasteiger partial charge in [0.1, 0.15) is 5.82 Å². The Labute approximate surface area is 141 Å². The van der Waals surface area contributed by atoms with Crippen LogP contribution in [-0.2, 0) is 0 Å². The summed E-state index contributed by atoms with van der Waals surface area (Å²) < 4.78 is 0. The van der Waals surface area contributed by atoms with Crippen LogP contribution in [0, 0.1) is 0 Å². The summed E-state index contributed by atoms with van der Waals surface area (Å²) in [4.78, 5) is 12.4. The molecule has 116 valence electrons. The van der Waals surface area contributed by atoms with Crippen LogP contribution in [0.5, 0.6) is 0 Å². The number of H-pyrrole nitrogens is 1. The summed E-state index contributed by atoms with van der Waals surface area (Å²) in [6.45, 7) is 0. The van der Waals surface area contributed by atoms with Crippen molar-refractivity contribution in [1.82, 2.24) is 9.97 Å². The first-order valence-electron chi connectivity index (χ1n) is 7.98.